The molecular weight excluding hydrogens is 343 g/mol. The number of nitrogens with one attached hydrogen (secondary N) is 1. The van der Waals surface area contributed by atoms with Crippen LogP contribution in [0.5, 0.6) is 0 Å². The van der Waals surface area contributed by atoms with Crippen molar-refractivity contribution < 1.29 is 14.0 Å². The van der Waals surface area contributed by atoms with Crippen molar-refractivity contribution in [1.29, 1.82) is 0 Å². The summed E-state index contributed by atoms with van der Waals surface area (Å²) in [4.78, 5) is 27.0. The Hall–Kier alpha value is -2.69. The molecule has 0 saturated carbocycles. The predicted octanol–water partition coefficient (Wildman–Crippen LogP) is 3.74. The minimum absolute atomic E-state index is 0.00538. The lowest BCUT2D eigenvalue weighted by Gasteiger charge is -2.39. The Morgan fingerprint density at radius 3 is 2.26 bits per heavy atom. The highest BCUT2D eigenvalue weighted by Gasteiger charge is 2.43. The monoisotopic (exact) mass is 366 g/mol. The van der Waals surface area contributed by atoms with Gasteiger partial charge in [-0.05, 0) is 67.5 Å². The first-order valence-corrected chi connectivity index (χ1v) is 9.47. The van der Waals surface area contributed by atoms with E-state index in [1.54, 1.807) is 31.3 Å². The number of benzene rings is 2. The number of rotatable bonds is 3. The molecule has 1 N–H and O–H groups in total. The number of piperidine rings is 1. The zero-order chi connectivity index (χ0) is 19.0. The lowest BCUT2D eigenvalue weighted by Crippen LogP contribution is -2.46. The van der Waals surface area contributed by atoms with Gasteiger partial charge < -0.3 is 10.2 Å². The first-order valence-electron chi connectivity index (χ1n) is 9.47. The Bertz CT molecular complexity index is 851. The van der Waals surface area contributed by atoms with Crippen LogP contribution in [0.15, 0.2) is 48.5 Å². The van der Waals surface area contributed by atoms with Crippen molar-refractivity contribution in [2.45, 2.75) is 43.7 Å². The summed E-state index contributed by atoms with van der Waals surface area (Å²) in [6.45, 7) is 0. The number of hydrogen-bond donors (Lipinski definition) is 1. The van der Waals surface area contributed by atoms with Gasteiger partial charge in [-0.1, -0.05) is 18.2 Å². The summed E-state index contributed by atoms with van der Waals surface area (Å²) in [6.07, 6.45) is 3.82. The molecule has 2 aromatic carbocycles. The molecule has 2 fully saturated rings. The Labute approximate surface area is 158 Å². The topological polar surface area (TPSA) is 49.4 Å². The zero-order valence-corrected chi connectivity index (χ0v) is 15.3. The molecule has 2 bridgehead atoms. The van der Waals surface area contributed by atoms with E-state index >= 15 is 0 Å². The molecule has 0 aliphatic carbocycles. The van der Waals surface area contributed by atoms with Gasteiger partial charge in [0.2, 0.25) is 0 Å². The Morgan fingerprint density at radius 2 is 1.63 bits per heavy atom. The number of hydrogen-bond acceptors (Lipinski definition) is 2. The van der Waals surface area contributed by atoms with Crippen LogP contribution in [-0.4, -0.2) is 35.8 Å². The quantitative estimate of drug-likeness (QED) is 0.900. The van der Waals surface area contributed by atoms with E-state index in [0.29, 0.717) is 17.0 Å². The molecule has 2 heterocycles. The average molecular weight is 366 g/mol. The maximum Gasteiger partial charge on any atom is 0.254 e. The number of halogens is 1. The third-order valence-electron chi connectivity index (χ3n) is 5.91. The van der Waals surface area contributed by atoms with Crippen LogP contribution in [0.25, 0.3) is 0 Å². The molecule has 2 saturated heterocycles. The zero-order valence-electron chi connectivity index (χ0n) is 15.3. The maximum atomic E-state index is 13.2. The summed E-state index contributed by atoms with van der Waals surface area (Å²) in [5.74, 6) is -0.0388. The van der Waals surface area contributed by atoms with Gasteiger partial charge in [0.1, 0.15) is 5.82 Å². The molecule has 0 aromatic heterocycles. The largest absolute Gasteiger partial charge is 0.355 e. The van der Waals surface area contributed by atoms with Crippen molar-refractivity contribution in [2.75, 3.05) is 7.05 Å². The summed E-state index contributed by atoms with van der Waals surface area (Å²) in [5, 5.41) is 2.59. The van der Waals surface area contributed by atoms with Gasteiger partial charge in [0.05, 0.1) is 0 Å². The molecule has 27 heavy (non-hydrogen) atoms. The molecule has 2 aromatic rings. The SMILES string of the molecule is CNC(=O)c1cccc(C(=O)N2[C@@H]3CC[C@H]2CC(c2ccc(F)cc2)C3)c1. The van der Waals surface area contributed by atoms with Gasteiger partial charge in [-0.2, -0.15) is 0 Å². The molecule has 1 unspecified atom stereocenters. The highest BCUT2D eigenvalue weighted by atomic mass is 19.1. The van der Waals surface area contributed by atoms with E-state index in [0.717, 1.165) is 31.2 Å². The lowest BCUT2D eigenvalue weighted by molar-refractivity contribution is 0.0571. The second-order valence-corrected chi connectivity index (χ2v) is 7.48. The Balaban J connectivity index is 1.53. The first-order chi connectivity index (χ1) is 13.1. The van der Waals surface area contributed by atoms with Crippen molar-refractivity contribution in [3.63, 3.8) is 0 Å². The fourth-order valence-corrected chi connectivity index (χ4v) is 4.60. The van der Waals surface area contributed by atoms with Crippen LogP contribution in [0.4, 0.5) is 4.39 Å². The molecule has 4 rings (SSSR count). The second kappa shape index (κ2) is 7.14. The predicted molar refractivity (Wildman–Crippen MR) is 101 cm³/mol. The number of carbonyl (C=O) groups excluding carboxylic acids is 2. The van der Waals surface area contributed by atoms with E-state index in [-0.39, 0.29) is 29.7 Å². The van der Waals surface area contributed by atoms with Gasteiger partial charge in [0, 0.05) is 30.3 Å². The third kappa shape index (κ3) is 3.34. The summed E-state index contributed by atoms with van der Waals surface area (Å²) in [5.41, 5.74) is 2.21. The van der Waals surface area contributed by atoms with Crippen LogP contribution >= 0.6 is 0 Å². The molecule has 140 valence electrons. The van der Waals surface area contributed by atoms with E-state index in [4.69, 9.17) is 0 Å². The minimum atomic E-state index is -0.217. The molecule has 3 atom stereocenters. The van der Waals surface area contributed by atoms with Crippen molar-refractivity contribution in [3.8, 4) is 0 Å². The highest BCUT2D eigenvalue weighted by Crippen LogP contribution is 2.43. The average Bonchev–Trinajstić information content (AvgIpc) is 2.96. The van der Waals surface area contributed by atoms with Crippen molar-refractivity contribution in [2.24, 2.45) is 0 Å². The van der Waals surface area contributed by atoms with Crippen LogP contribution in [0.2, 0.25) is 0 Å². The van der Waals surface area contributed by atoms with E-state index in [1.807, 2.05) is 17.0 Å². The van der Waals surface area contributed by atoms with Gasteiger partial charge in [-0.25, -0.2) is 4.39 Å². The summed E-state index contributed by atoms with van der Waals surface area (Å²) >= 11 is 0. The maximum absolute atomic E-state index is 13.2. The molecule has 0 spiro atoms. The minimum Gasteiger partial charge on any atom is -0.355 e. The number of fused-ring (bicyclic) bond motifs is 2. The molecular formula is C22H23FN2O2. The molecule has 4 nitrogen and oxygen atoms in total. The van der Waals surface area contributed by atoms with Crippen molar-refractivity contribution in [3.05, 3.63) is 71.0 Å². The molecule has 2 aliphatic heterocycles. The standard InChI is InChI=1S/C22H23FN2O2/c1-24-21(26)15-3-2-4-16(11-15)22(27)25-19-9-10-20(25)13-17(12-19)14-5-7-18(23)8-6-14/h2-8,11,17,19-20H,9-10,12-13H2,1H3,(H,24,26)/t17?,19-,20+. The lowest BCUT2D eigenvalue weighted by atomic mass is 9.84. The van der Waals surface area contributed by atoms with E-state index in [9.17, 15) is 14.0 Å². The third-order valence-corrected chi connectivity index (χ3v) is 5.91. The first kappa shape index (κ1) is 17.7. The van der Waals surface area contributed by atoms with Gasteiger partial charge in [-0.15, -0.1) is 0 Å². The van der Waals surface area contributed by atoms with Crippen LogP contribution in [0, 0.1) is 5.82 Å². The molecule has 2 aliphatic rings. The number of carbonyl (C=O) groups is 2. The Morgan fingerprint density at radius 1 is 1.00 bits per heavy atom. The number of nitrogens with zero attached hydrogens (tertiary/aromatic N) is 1. The fraction of sp³-hybridized carbons (Fsp3) is 0.364. The van der Waals surface area contributed by atoms with Crippen LogP contribution in [-0.2, 0) is 0 Å². The van der Waals surface area contributed by atoms with Gasteiger partial charge in [0.25, 0.3) is 11.8 Å². The van der Waals surface area contributed by atoms with Crippen molar-refractivity contribution >= 4 is 11.8 Å². The second-order valence-electron chi connectivity index (χ2n) is 7.48. The Kier molecular flexibility index (Phi) is 4.68. The molecule has 2 amide bonds. The van der Waals surface area contributed by atoms with Crippen LogP contribution < -0.4 is 5.32 Å². The smallest absolute Gasteiger partial charge is 0.254 e. The number of amides is 2. The summed E-state index contributed by atoms with van der Waals surface area (Å²) < 4.78 is 13.2. The highest BCUT2D eigenvalue weighted by molar-refractivity contribution is 6.00. The van der Waals surface area contributed by atoms with E-state index < -0.39 is 0 Å². The van der Waals surface area contributed by atoms with E-state index in [2.05, 4.69) is 5.32 Å². The van der Waals surface area contributed by atoms with Gasteiger partial charge >= 0.3 is 0 Å². The van der Waals surface area contributed by atoms with Crippen molar-refractivity contribution in [1.82, 2.24) is 10.2 Å². The van der Waals surface area contributed by atoms with E-state index in [1.165, 1.54) is 12.1 Å². The summed E-state index contributed by atoms with van der Waals surface area (Å²) in [7, 11) is 1.58. The molecule has 5 heteroatoms. The summed E-state index contributed by atoms with van der Waals surface area (Å²) in [6, 6.07) is 14.1. The molecule has 0 radical (unpaired) electrons. The van der Waals surface area contributed by atoms with Crippen LogP contribution in [0.3, 0.4) is 0 Å². The van der Waals surface area contributed by atoms with Crippen LogP contribution in [0.1, 0.15) is 57.9 Å². The normalized spacial score (nSPS) is 23.9. The van der Waals surface area contributed by atoms with Gasteiger partial charge in [0.15, 0.2) is 0 Å². The van der Waals surface area contributed by atoms with Gasteiger partial charge in [-0.3, -0.25) is 9.59 Å². The fourth-order valence-electron chi connectivity index (χ4n) is 4.60.